The molecule has 192 valence electrons. The highest BCUT2D eigenvalue weighted by atomic mass is 32.2. The molecular formula is C25H30FN5O4S. The van der Waals surface area contributed by atoms with Gasteiger partial charge in [-0.25, -0.2) is 17.8 Å². The van der Waals surface area contributed by atoms with E-state index < -0.39 is 33.3 Å². The Balaban J connectivity index is 1.61. The molecule has 3 aromatic rings. The summed E-state index contributed by atoms with van der Waals surface area (Å²) in [4.78, 5) is 17.7. The maximum atomic E-state index is 14.9. The monoisotopic (exact) mass is 515 g/mol. The lowest BCUT2D eigenvalue weighted by Gasteiger charge is -2.43. The highest BCUT2D eigenvalue weighted by Gasteiger charge is 2.48. The topological polar surface area (TPSA) is 117 Å². The predicted molar refractivity (Wildman–Crippen MR) is 133 cm³/mol. The van der Waals surface area contributed by atoms with Gasteiger partial charge in [-0.2, -0.15) is 9.40 Å². The second-order valence-corrected chi connectivity index (χ2v) is 11.2. The third kappa shape index (κ3) is 4.98. The van der Waals surface area contributed by atoms with Crippen LogP contribution >= 0.6 is 0 Å². The first kappa shape index (κ1) is 25.8. The number of nitrogens with one attached hydrogen (secondary N) is 2. The Kier molecular flexibility index (Phi) is 7.14. The van der Waals surface area contributed by atoms with Crippen LogP contribution in [0.25, 0.3) is 0 Å². The molecule has 0 saturated carbocycles. The average molecular weight is 516 g/mol. The molecule has 0 amide bonds. The van der Waals surface area contributed by atoms with E-state index in [1.54, 1.807) is 44.2 Å². The van der Waals surface area contributed by atoms with E-state index in [0.29, 0.717) is 17.2 Å². The lowest BCUT2D eigenvalue weighted by molar-refractivity contribution is -0.156. The molecule has 1 aliphatic rings. The average Bonchev–Trinajstić information content (AvgIpc) is 3.25. The number of ether oxygens (including phenoxy) is 1. The number of aromatic nitrogens is 3. The molecule has 0 spiro atoms. The van der Waals surface area contributed by atoms with E-state index in [1.807, 2.05) is 6.92 Å². The van der Waals surface area contributed by atoms with Gasteiger partial charge in [0, 0.05) is 30.8 Å². The Bertz CT molecular complexity index is 1380. The minimum Gasteiger partial charge on any atom is -0.469 e. The number of carbonyl (C=O) groups excluding carboxylic acids is 1. The van der Waals surface area contributed by atoms with Crippen molar-refractivity contribution in [3.05, 3.63) is 65.2 Å². The normalized spacial score (nSPS) is 20.8. The zero-order valence-electron chi connectivity index (χ0n) is 20.7. The Morgan fingerprint density at radius 1 is 1.25 bits per heavy atom. The summed E-state index contributed by atoms with van der Waals surface area (Å²) in [7, 11) is -2.49. The molecule has 4 rings (SSSR count). The third-order valence-electron chi connectivity index (χ3n) is 6.67. The van der Waals surface area contributed by atoms with Crippen molar-refractivity contribution >= 4 is 27.6 Å². The van der Waals surface area contributed by atoms with Gasteiger partial charge in [0.1, 0.15) is 11.6 Å². The van der Waals surface area contributed by atoms with E-state index in [0.717, 1.165) is 5.69 Å². The number of benzene rings is 1. The number of anilines is 2. The molecular weight excluding hydrogens is 485 g/mol. The Morgan fingerprint density at radius 2 is 2.00 bits per heavy atom. The van der Waals surface area contributed by atoms with Crippen LogP contribution in [0.15, 0.2) is 47.4 Å². The van der Waals surface area contributed by atoms with E-state index in [4.69, 9.17) is 4.74 Å². The maximum Gasteiger partial charge on any atom is 0.312 e. The van der Waals surface area contributed by atoms with Gasteiger partial charge in [-0.3, -0.25) is 9.89 Å². The van der Waals surface area contributed by atoms with Gasteiger partial charge in [-0.1, -0.05) is 18.2 Å². The number of hydrogen-bond acceptors (Lipinski definition) is 7. The minimum absolute atomic E-state index is 0.0246. The van der Waals surface area contributed by atoms with Crippen LogP contribution in [-0.2, 0) is 26.0 Å². The summed E-state index contributed by atoms with van der Waals surface area (Å²) in [6.07, 6.45) is 0.317. The van der Waals surface area contributed by atoms with Crippen LogP contribution < -0.4 is 5.32 Å². The number of pyridine rings is 1. The van der Waals surface area contributed by atoms with Crippen molar-refractivity contribution in [3.63, 3.8) is 0 Å². The number of aromatic amines is 1. The highest BCUT2D eigenvalue weighted by Crippen LogP contribution is 2.41. The second-order valence-electron chi connectivity index (χ2n) is 9.32. The van der Waals surface area contributed by atoms with Crippen molar-refractivity contribution < 1.29 is 22.3 Å². The lowest BCUT2D eigenvalue weighted by Crippen LogP contribution is -2.52. The first-order chi connectivity index (χ1) is 17.1. The Labute approximate surface area is 210 Å². The number of halogens is 1. The van der Waals surface area contributed by atoms with Gasteiger partial charge in [0.2, 0.25) is 10.0 Å². The summed E-state index contributed by atoms with van der Waals surface area (Å²) < 4.78 is 48.2. The SMILES string of the molecule is COC(=O)[C@]1(Cc2nc(Nc3cc(C)[nH]n3)ccc2F)CCN(S(=O)(=O)c2ccccc2C)[C@H](C)C1. The van der Waals surface area contributed by atoms with Crippen LogP contribution in [0, 0.1) is 25.1 Å². The molecule has 1 saturated heterocycles. The number of piperidine rings is 1. The number of hydrogen-bond donors (Lipinski definition) is 2. The number of sulfonamides is 1. The molecule has 1 aliphatic heterocycles. The molecule has 9 nitrogen and oxygen atoms in total. The van der Waals surface area contributed by atoms with Crippen molar-refractivity contribution in [1.29, 1.82) is 0 Å². The standard InChI is InChI=1S/C25H30FN5O4S/c1-16-7-5-6-8-21(16)36(33,34)31-12-11-25(14-18(31)3,24(32)35-4)15-20-19(26)9-10-22(27-20)28-23-13-17(2)29-30-23/h5-10,13,18H,11-12,14-15H2,1-4H3,(H2,27,28,29,30)/t18-,25-/m1/s1. The largest absolute Gasteiger partial charge is 0.469 e. The van der Waals surface area contributed by atoms with E-state index in [-0.39, 0.29) is 36.4 Å². The molecule has 1 fully saturated rings. The van der Waals surface area contributed by atoms with Gasteiger partial charge in [-0.15, -0.1) is 0 Å². The Morgan fingerprint density at radius 3 is 2.64 bits per heavy atom. The van der Waals surface area contributed by atoms with Crippen molar-refractivity contribution in [2.24, 2.45) is 5.41 Å². The smallest absolute Gasteiger partial charge is 0.312 e. The van der Waals surface area contributed by atoms with Crippen LogP contribution in [-0.4, -0.2) is 53.6 Å². The van der Waals surface area contributed by atoms with Gasteiger partial charge in [-0.05, 0) is 57.4 Å². The summed E-state index contributed by atoms with van der Waals surface area (Å²) in [5.41, 5.74) is 0.476. The first-order valence-electron chi connectivity index (χ1n) is 11.7. The number of carbonyl (C=O) groups is 1. The summed E-state index contributed by atoms with van der Waals surface area (Å²) in [5, 5.41) is 9.94. The van der Waals surface area contributed by atoms with Gasteiger partial charge >= 0.3 is 5.97 Å². The molecule has 3 heterocycles. The number of esters is 1. The number of aryl methyl sites for hydroxylation is 2. The minimum atomic E-state index is -3.77. The number of rotatable bonds is 7. The maximum absolute atomic E-state index is 14.9. The van der Waals surface area contributed by atoms with Crippen molar-refractivity contribution in [2.75, 3.05) is 19.0 Å². The van der Waals surface area contributed by atoms with Crippen LogP contribution in [0.3, 0.4) is 0 Å². The molecule has 11 heteroatoms. The summed E-state index contributed by atoms with van der Waals surface area (Å²) >= 11 is 0. The van der Waals surface area contributed by atoms with E-state index in [9.17, 15) is 17.6 Å². The van der Waals surface area contributed by atoms with Gasteiger partial charge in [0.15, 0.2) is 5.82 Å². The predicted octanol–water partition coefficient (Wildman–Crippen LogP) is 3.88. The summed E-state index contributed by atoms with van der Waals surface area (Å²) in [5.74, 6) is -0.149. The molecule has 0 aliphatic carbocycles. The fourth-order valence-electron chi connectivity index (χ4n) is 4.89. The number of H-pyrrole nitrogens is 1. The molecule has 1 aromatic carbocycles. The van der Waals surface area contributed by atoms with Crippen molar-refractivity contribution in [3.8, 4) is 0 Å². The molecule has 2 aromatic heterocycles. The molecule has 0 radical (unpaired) electrons. The van der Waals surface area contributed by atoms with Gasteiger partial charge in [0.25, 0.3) is 0 Å². The molecule has 0 unspecified atom stereocenters. The van der Waals surface area contributed by atoms with Gasteiger partial charge in [0.05, 0.1) is 23.1 Å². The van der Waals surface area contributed by atoms with Crippen LogP contribution in [0.2, 0.25) is 0 Å². The molecule has 36 heavy (non-hydrogen) atoms. The van der Waals surface area contributed by atoms with Gasteiger partial charge < -0.3 is 10.1 Å². The zero-order chi connectivity index (χ0) is 26.1. The van der Waals surface area contributed by atoms with Crippen molar-refractivity contribution in [2.45, 2.75) is 51.0 Å². The lowest BCUT2D eigenvalue weighted by atomic mass is 9.73. The highest BCUT2D eigenvalue weighted by molar-refractivity contribution is 7.89. The third-order valence-corrected chi connectivity index (χ3v) is 8.85. The number of methoxy groups -OCH3 is 1. The summed E-state index contributed by atoms with van der Waals surface area (Å²) in [6, 6.07) is 10.9. The number of nitrogens with zero attached hydrogens (tertiary/aromatic N) is 3. The molecule has 2 atom stereocenters. The fraction of sp³-hybridized carbons (Fsp3) is 0.400. The first-order valence-corrected chi connectivity index (χ1v) is 13.1. The van der Waals surface area contributed by atoms with Crippen LogP contribution in [0.4, 0.5) is 16.0 Å². The Hall–Kier alpha value is -3.31. The second kappa shape index (κ2) is 9.98. The van der Waals surface area contributed by atoms with Crippen LogP contribution in [0.1, 0.15) is 36.7 Å². The van der Waals surface area contributed by atoms with Crippen molar-refractivity contribution in [1.82, 2.24) is 19.5 Å². The molecule has 0 bridgehead atoms. The van der Waals surface area contributed by atoms with E-state index in [1.165, 1.54) is 23.5 Å². The molecule has 2 N–H and O–H groups in total. The fourth-order valence-corrected chi connectivity index (χ4v) is 6.75. The van der Waals surface area contributed by atoms with Crippen LogP contribution in [0.5, 0.6) is 0 Å². The van der Waals surface area contributed by atoms with E-state index in [2.05, 4.69) is 20.5 Å². The summed E-state index contributed by atoms with van der Waals surface area (Å²) in [6.45, 7) is 5.46. The quantitative estimate of drug-likeness (QED) is 0.459. The van der Waals surface area contributed by atoms with E-state index >= 15 is 0 Å². The zero-order valence-corrected chi connectivity index (χ0v) is 21.5.